The van der Waals surface area contributed by atoms with E-state index in [4.69, 9.17) is 9.15 Å². The number of hydrogen-bond donors (Lipinski definition) is 2. The van der Waals surface area contributed by atoms with Gasteiger partial charge in [0.2, 0.25) is 0 Å². The lowest BCUT2D eigenvalue weighted by Crippen LogP contribution is -2.40. The number of ether oxygens (including phenoxy) is 1. The fourth-order valence-corrected chi connectivity index (χ4v) is 3.34. The highest BCUT2D eigenvalue weighted by Crippen LogP contribution is 2.24. The Morgan fingerprint density at radius 3 is 2.93 bits per heavy atom. The van der Waals surface area contributed by atoms with Gasteiger partial charge in [0.05, 0.1) is 31.2 Å². The van der Waals surface area contributed by atoms with Crippen molar-refractivity contribution in [1.29, 1.82) is 0 Å². The summed E-state index contributed by atoms with van der Waals surface area (Å²) >= 11 is 1.34. The van der Waals surface area contributed by atoms with E-state index in [1.807, 2.05) is 32.9 Å². The van der Waals surface area contributed by atoms with Crippen molar-refractivity contribution >= 4 is 23.3 Å². The molecule has 0 spiro atoms. The summed E-state index contributed by atoms with van der Waals surface area (Å²) in [6, 6.07) is 3.70. The summed E-state index contributed by atoms with van der Waals surface area (Å²) in [7, 11) is 0. The molecule has 152 valence electrons. The first-order chi connectivity index (χ1) is 13.4. The molecule has 0 aromatic carbocycles. The van der Waals surface area contributed by atoms with Crippen LogP contribution in [0.5, 0.6) is 0 Å². The number of esters is 1. The van der Waals surface area contributed by atoms with Gasteiger partial charge in [-0.3, -0.25) is 0 Å². The normalized spacial score (nSPS) is 12.5. The molecule has 0 bridgehead atoms. The SMILES string of the molecule is C=C(C)CN=C(NCCc1ccco1)NC(C)c1nc(C)c(C(=O)OCC)s1. The van der Waals surface area contributed by atoms with Gasteiger partial charge in [0.1, 0.15) is 15.6 Å². The molecule has 0 radical (unpaired) electrons. The number of furan rings is 1. The number of rotatable bonds is 9. The lowest BCUT2D eigenvalue weighted by atomic mass is 10.3. The Kier molecular flexibility index (Phi) is 8.25. The van der Waals surface area contributed by atoms with Gasteiger partial charge in [-0.1, -0.05) is 12.2 Å². The average molecular weight is 405 g/mol. The maximum Gasteiger partial charge on any atom is 0.350 e. The van der Waals surface area contributed by atoms with Crippen LogP contribution in [0.2, 0.25) is 0 Å². The van der Waals surface area contributed by atoms with E-state index < -0.39 is 0 Å². The van der Waals surface area contributed by atoms with Crippen molar-refractivity contribution in [3.05, 3.63) is 51.9 Å². The molecule has 8 heteroatoms. The summed E-state index contributed by atoms with van der Waals surface area (Å²) < 4.78 is 10.4. The maximum absolute atomic E-state index is 12.0. The molecule has 0 aliphatic rings. The van der Waals surface area contributed by atoms with Gasteiger partial charge in [0, 0.05) is 13.0 Å². The Morgan fingerprint density at radius 2 is 2.29 bits per heavy atom. The second-order valence-electron chi connectivity index (χ2n) is 6.43. The highest BCUT2D eigenvalue weighted by molar-refractivity contribution is 7.13. The second kappa shape index (κ2) is 10.7. The number of aryl methyl sites for hydroxylation is 1. The van der Waals surface area contributed by atoms with Gasteiger partial charge in [-0.2, -0.15) is 0 Å². The molecule has 2 N–H and O–H groups in total. The smallest absolute Gasteiger partial charge is 0.350 e. The summed E-state index contributed by atoms with van der Waals surface area (Å²) in [4.78, 5) is 21.6. The van der Waals surface area contributed by atoms with E-state index in [1.165, 1.54) is 11.3 Å². The molecule has 1 unspecified atom stereocenters. The number of aromatic nitrogens is 1. The molecule has 1 atom stereocenters. The van der Waals surface area contributed by atoms with Crippen molar-refractivity contribution < 1.29 is 13.9 Å². The number of hydrogen-bond acceptors (Lipinski definition) is 6. The minimum Gasteiger partial charge on any atom is -0.469 e. The van der Waals surface area contributed by atoms with Gasteiger partial charge in [-0.25, -0.2) is 14.8 Å². The zero-order chi connectivity index (χ0) is 20.5. The monoisotopic (exact) mass is 404 g/mol. The molecule has 0 fully saturated rings. The van der Waals surface area contributed by atoms with Crippen molar-refractivity contribution in [2.24, 2.45) is 4.99 Å². The van der Waals surface area contributed by atoms with Crippen molar-refractivity contribution in [2.45, 2.75) is 40.2 Å². The molecule has 2 aromatic heterocycles. The molecular weight excluding hydrogens is 376 g/mol. The summed E-state index contributed by atoms with van der Waals surface area (Å²) in [5.41, 5.74) is 1.65. The van der Waals surface area contributed by atoms with Crippen LogP contribution in [0.4, 0.5) is 0 Å². The minimum atomic E-state index is -0.330. The lowest BCUT2D eigenvalue weighted by molar-refractivity contribution is 0.0531. The number of nitrogens with zero attached hydrogens (tertiary/aromatic N) is 2. The molecule has 0 saturated heterocycles. The molecule has 2 heterocycles. The van der Waals surface area contributed by atoms with Crippen LogP contribution in [0.3, 0.4) is 0 Å². The molecule has 0 saturated carbocycles. The van der Waals surface area contributed by atoms with Crippen LogP contribution in [-0.2, 0) is 11.2 Å². The van der Waals surface area contributed by atoms with Crippen molar-refractivity contribution in [2.75, 3.05) is 19.7 Å². The average Bonchev–Trinajstić information content (AvgIpc) is 3.29. The number of aliphatic imine (C=N–C) groups is 1. The second-order valence-corrected chi connectivity index (χ2v) is 7.46. The topological polar surface area (TPSA) is 88.8 Å². The molecule has 0 aliphatic heterocycles. The van der Waals surface area contributed by atoms with E-state index in [1.54, 1.807) is 13.2 Å². The summed E-state index contributed by atoms with van der Waals surface area (Å²) in [5.74, 6) is 1.24. The first-order valence-corrected chi connectivity index (χ1v) is 10.1. The van der Waals surface area contributed by atoms with Gasteiger partial charge < -0.3 is 19.8 Å². The quantitative estimate of drug-likeness (QED) is 0.287. The van der Waals surface area contributed by atoms with Crippen LogP contribution in [-0.4, -0.2) is 36.6 Å². The van der Waals surface area contributed by atoms with Crippen LogP contribution in [0.15, 0.2) is 40.0 Å². The van der Waals surface area contributed by atoms with E-state index >= 15 is 0 Å². The molecule has 28 heavy (non-hydrogen) atoms. The van der Waals surface area contributed by atoms with Crippen molar-refractivity contribution in [3.63, 3.8) is 0 Å². The van der Waals surface area contributed by atoms with Gasteiger partial charge in [0.15, 0.2) is 5.96 Å². The van der Waals surface area contributed by atoms with Gasteiger partial charge >= 0.3 is 5.97 Å². The van der Waals surface area contributed by atoms with Gasteiger partial charge in [-0.05, 0) is 39.8 Å². The fourth-order valence-electron chi connectivity index (χ4n) is 2.38. The van der Waals surface area contributed by atoms with E-state index in [-0.39, 0.29) is 12.0 Å². The fraction of sp³-hybridized carbons (Fsp3) is 0.450. The zero-order valence-corrected chi connectivity index (χ0v) is 17.7. The largest absolute Gasteiger partial charge is 0.469 e. The van der Waals surface area contributed by atoms with E-state index in [0.29, 0.717) is 36.2 Å². The number of guanidine groups is 1. The number of thiazole rings is 1. The van der Waals surface area contributed by atoms with E-state index in [2.05, 4.69) is 27.2 Å². The third kappa shape index (κ3) is 6.53. The molecule has 2 aromatic rings. The highest BCUT2D eigenvalue weighted by atomic mass is 32.1. The molecule has 0 aliphatic carbocycles. The van der Waals surface area contributed by atoms with Gasteiger partial charge in [-0.15, -0.1) is 11.3 Å². The number of carbonyl (C=O) groups is 1. The predicted octanol–water partition coefficient (Wildman–Crippen LogP) is 3.64. The van der Waals surface area contributed by atoms with Crippen LogP contribution >= 0.6 is 11.3 Å². The minimum absolute atomic E-state index is 0.119. The molecule has 0 amide bonds. The third-order valence-corrected chi connectivity index (χ3v) is 5.07. The van der Waals surface area contributed by atoms with Gasteiger partial charge in [0.25, 0.3) is 0 Å². The Morgan fingerprint density at radius 1 is 1.50 bits per heavy atom. The van der Waals surface area contributed by atoms with Crippen molar-refractivity contribution in [3.8, 4) is 0 Å². The molecule has 7 nitrogen and oxygen atoms in total. The first-order valence-electron chi connectivity index (χ1n) is 9.26. The standard InChI is InChI=1S/C20H28N4O3S/c1-6-26-19(25)17-14(4)23-18(28-17)15(5)24-20(22-12-13(2)3)21-10-9-16-8-7-11-27-16/h7-8,11,15H,2,6,9-10,12H2,1,3-5H3,(H2,21,22,24). The number of nitrogens with one attached hydrogen (secondary N) is 2. The molecule has 2 rings (SSSR count). The Bertz CT molecular complexity index is 812. The summed E-state index contributed by atoms with van der Waals surface area (Å²) in [6.45, 7) is 13.0. The molecular formula is C20H28N4O3S. The summed E-state index contributed by atoms with van der Waals surface area (Å²) in [6.07, 6.45) is 2.41. The number of carbonyl (C=O) groups excluding carboxylic acids is 1. The van der Waals surface area contributed by atoms with Crippen LogP contribution in [0.25, 0.3) is 0 Å². The maximum atomic E-state index is 12.0. The first kappa shape index (κ1) is 21.7. The van der Waals surface area contributed by atoms with Crippen LogP contribution in [0, 0.1) is 6.92 Å². The lowest BCUT2D eigenvalue weighted by Gasteiger charge is -2.16. The highest BCUT2D eigenvalue weighted by Gasteiger charge is 2.20. The Hall–Kier alpha value is -2.61. The summed E-state index contributed by atoms with van der Waals surface area (Å²) in [5, 5.41) is 7.45. The Labute approximate surface area is 169 Å². The Balaban J connectivity index is 2.03. The third-order valence-electron chi connectivity index (χ3n) is 3.75. The zero-order valence-electron chi connectivity index (χ0n) is 16.9. The van der Waals surface area contributed by atoms with E-state index in [0.717, 1.165) is 22.8 Å². The predicted molar refractivity (Wildman–Crippen MR) is 112 cm³/mol. The van der Waals surface area contributed by atoms with Crippen LogP contribution < -0.4 is 10.6 Å². The van der Waals surface area contributed by atoms with Crippen molar-refractivity contribution in [1.82, 2.24) is 15.6 Å². The van der Waals surface area contributed by atoms with Crippen LogP contribution in [0.1, 0.15) is 52.9 Å². The van der Waals surface area contributed by atoms with E-state index in [9.17, 15) is 4.79 Å².